The van der Waals surface area contributed by atoms with Gasteiger partial charge in [-0.3, -0.25) is 4.79 Å². The maximum absolute atomic E-state index is 12.6. The molecular formula is C10H13FO. The van der Waals surface area contributed by atoms with Gasteiger partial charge in [0, 0.05) is 12.8 Å². The largest absolute Gasteiger partial charge is 0.299 e. The third-order valence-electron chi connectivity index (χ3n) is 1.45. The monoisotopic (exact) mass is 168 g/mol. The van der Waals surface area contributed by atoms with E-state index in [2.05, 4.69) is 13.2 Å². The molecule has 0 saturated carbocycles. The molecule has 0 bridgehead atoms. The topological polar surface area (TPSA) is 17.1 Å². The van der Waals surface area contributed by atoms with Crippen molar-refractivity contribution in [1.82, 2.24) is 0 Å². The van der Waals surface area contributed by atoms with E-state index in [0.29, 0.717) is 12.0 Å². The van der Waals surface area contributed by atoms with Gasteiger partial charge in [-0.05, 0) is 5.57 Å². The number of rotatable bonds is 5. The van der Waals surface area contributed by atoms with Crippen LogP contribution in [0.3, 0.4) is 0 Å². The third-order valence-corrected chi connectivity index (χ3v) is 1.45. The summed E-state index contributed by atoms with van der Waals surface area (Å²) in [6.07, 6.45) is 3.44. The van der Waals surface area contributed by atoms with Crippen LogP contribution in [0.4, 0.5) is 4.39 Å². The first-order chi connectivity index (χ1) is 5.61. The third kappa shape index (κ3) is 3.86. The van der Waals surface area contributed by atoms with Crippen molar-refractivity contribution in [1.29, 1.82) is 0 Å². The lowest BCUT2D eigenvalue weighted by Crippen LogP contribution is -1.97. The van der Waals surface area contributed by atoms with E-state index in [1.807, 2.05) is 0 Å². The number of halogens is 1. The molecular weight excluding hydrogens is 155 g/mol. The Morgan fingerprint density at radius 2 is 2.17 bits per heavy atom. The van der Waals surface area contributed by atoms with Crippen LogP contribution in [0.1, 0.15) is 19.8 Å². The van der Waals surface area contributed by atoms with Crippen molar-refractivity contribution in [3.05, 3.63) is 36.7 Å². The molecule has 0 aliphatic carbocycles. The SMILES string of the molecule is C=C/C=C(/CC(=O)CC)C(=C)F. The standard InChI is InChI=1S/C10H13FO/c1-4-6-9(8(3)11)7-10(12)5-2/h4,6H,1,3,5,7H2,2H3/b9-6-. The lowest BCUT2D eigenvalue weighted by atomic mass is 10.1. The zero-order valence-corrected chi connectivity index (χ0v) is 7.27. The summed E-state index contributed by atoms with van der Waals surface area (Å²) in [7, 11) is 0. The van der Waals surface area contributed by atoms with Gasteiger partial charge in [0.2, 0.25) is 0 Å². The summed E-state index contributed by atoms with van der Waals surface area (Å²) < 4.78 is 12.6. The smallest absolute Gasteiger partial charge is 0.137 e. The molecule has 0 fully saturated rings. The molecule has 0 rings (SSSR count). The summed E-state index contributed by atoms with van der Waals surface area (Å²) in [6, 6.07) is 0. The van der Waals surface area contributed by atoms with Crippen molar-refractivity contribution in [2.45, 2.75) is 19.8 Å². The van der Waals surface area contributed by atoms with Crippen LogP contribution in [0, 0.1) is 0 Å². The van der Waals surface area contributed by atoms with E-state index >= 15 is 0 Å². The highest BCUT2D eigenvalue weighted by Gasteiger charge is 2.05. The number of allylic oxidation sites excluding steroid dienone is 4. The summed E-state index contributed by atoms with van der Waals surface area (Å²) in [6.45, 7) is 8.29. The molecule has 0 N–H and O–H groups in total. The summed E-state index contributed by atoms with van der Waals surface area (Å²) in [5, 5.41) is 0. The summed E-state index contributed by atoms with van der Waals surface area (Å²) >= 11 is 0. The van der Waals surface area contributed by atoms with E-state index in [4.69, 9.17) is 0 Å². The Balaban J connectivity index is 4.34. The quantitative estimate of drug-likeness (QED) is 0.577. The summed E-state index contributed by atoms with van der Waals surface area (Å²) in [4.78, 5) is 10.9. The van der Waals surface area contributed by atoms with Crippen molar-refractivity contribution in [3.63, 3.8) is 0 Å². The maximum atomic E-state index is 12.6. The van der Waals surface area contributed by atoms with Gasteiger partial charge in [-0.2, -0.15) is 0 Å². The minimum absolute atomic E-state index is 0.00176. The minimum Gasteiger partial charge on any atom is -0.299 e. The molecule has 0 amide bonds. The van der Waals surface area contributed by atoms with Gasteiger partial charge in [-0.25, -0.2) is 4.39 Å². The van der Waals surface area contributed by atoms with Gasteiger partial charge in [0.25, 0.3) is 0 Å². The first kappa shape index (κ1) is 10.8. The second kappa shape index (κ2) is 5.47. The van der Waals surface area contributed by atoms with Gasteiger partial charge in [0.05, 0.1) is 0 Å². The van der Waals surface area contributed by atoms with Crippen molar-refractivity contribution in [3.8, 4) is 0 Å². The van der Waals surface area contributed by atoms with Crippen LogP contribution in [0.15, 0.2) is 36.7 Å². The molecule has 0 unspecified atom stereocenters. The van der Waals surface area contributed by atoms with Crippen LogP contribution in [-0.2, 0) is 4.79 Å². The Kier molecular flexibility index (Phi) is 4.93. The molecule has 0 aromatic heterocycles. The fraction of sp³-hybridized carbons (Fsp3) is 0.300. The van der Waals surface area contributed by atoms with Crippen molar-refractivity contribution >= 4 is 5.78 Å². The summed E-state index contributed by atoms with van der Waals surface area (Å²) in [5.41, 5.74) is 0.317. The number of Topliss-reactive ketones (excluding diaryl/α,β-unsaturated/α-hetero) is 1. The van der Waals surface area contributed by atoms with Crippen molar-refractivity contribution in [2.24, 2.45) is 0 Å². The van der Waals surface area contributed by atoms with E-state index in [-0.39, 0.29) is 12.2 Å². The molecule has 0 atom stereocenters. The van der Waals surface area contributed by atoms with Gasteiger partial charge in [0.1, 0.15) is 11.6 Å². The van der Waals surface area contributed by atoms with Crippen LogP contribution in [0.2, 0.25) is 0 Å². The zero-order chi connectivity index (χ0) is 9.56. The number of hydrogen-bond acceptors (Lipinski definition) is 1. The van der Waals surface area contributed by atoms with E-state index in [0.717, 1.165) is 0 Å². The Morgan fingerprint density at radius 3 is 2.50 bits per heavy atom. The number of carbonyl (C=O) groups is 1. The van der Waals surface area contributed by atoms with Crippen LogP contribution < -0.4 is 0 Å². The highest BCUT2D eigenvalue weighted by molar-refractivity contribution is 5.81. The van der Waals surface area contributed by atoms with Gasteiger partial charge >= 0.3 is 0 Å². The predicted molar refractivity (Wildman–Crippen MR) is 48.4 cm³/mol. The van der Waals surface area contributed by atoms with E-state index in [9.17, 15) is 9.18 Å². The fourth-order valence-electron chi connectivity index (χ4n) is 0.725. The van der Waals surface area contributed by atoms with Crippen LogP contribution >= 0.6 is 0 Å². The Morgan fingerprint density at radius 1 is 1.58 bits per heavy atom. The number of hydrogen-bond donors (Lipinski definition) is 0. The molecule has 0 aliphatic rings. The van der Waals surface area contributed by atoms with Crippen molar-refractivity contribution in [2.75, 3.05) is 0 Å². The molecule has 0 heterocycles. The molecule has 0 saturated heterocycles. The second-order valence-electron chi connectivity index (χ2n) is 2.40. The molecule has 0 aromatic rings. The van der Waals surface area contributed by atoms with Crippen LogP contribution in [0.5, 0.6) is 0 Å². The zero-order valence-electron chi connectivity index (χ0n) is 7.27. The van der Waals surface area contributed by atoms with Gasteiger partial charge < -0.3 is 0 Å². The van der Waals surface area contributed by atoms with Crippen LogP contribution in [0.25, 0.3) is 0 Å². The Hall–Kier alpha value is -1.18. The molecule has 0 spiro atoms. The van der Waals surface area contributed by atoms with Crippen LogP contribution in [-0.4, -0.2) is 5.78 Å². The molecule has 0 aromatic carbocycles. The Labute approximate surface area is 72.3 Å². The van der Waals surface area contributed by atoms with Crippen molar-refractivity contribution < 1.29 is 9.18 Å². The fourth-order valence-corrected chi connectivity index (χ4v) is 0.725. The highest BCUT2D eigenvalue weighted by atomic mass is 19.1. The van der Waals surface area contributed by atoms with Gasteiger partial charge in [-0.1, -0.05) is 32.2 Å². The van der Waals surface area contributed by atoms with E-state index < -0.39 is 5.83 Å². The van der Waals surface area contributed by atoms with Gasteiger partial charge in [0.15, 0.2) is 0 Å². The maximum Gasteiger partial charge on any atom is 0.137 e. The van der Waals surface area contributed by atoms with E-state index in [1.165, 1.54) is 12.2 Å². The normalized spacial score (nSPS) is 11.0. The predicted octanol–water partition coefficient (Wildman–Crippen LogP) is 2.95. The van der Waals surface area contributed by atoms with Gasteiger partial charge in [-0.15, -0.1) is 0 Å². The lowest BCUT2D eigenvalue weighted by molar-refractivity contribution is -0.118. The molecule has 66 valence electrons. The first-order valence-electron chi connectivity index (χ1n) is 3.79. The number of ketones is 1. The Bertz CT molecular complexity index is 226. The average molecular weight is 168 g/mol. The minimum atomic E-state index is -0.559. The highest BCUT2D eigenvalue weighted by Crippen LogP contribution is 2.14. The average Bonchev–Trinajstić information content (AvgIpc) is 2.03. The van der Waals surface area contributed by atoms with E-state index in [1.54, 1.807) is 6.92 Å². The molecule has 0 radical (unpaired) electrons. The second-order valence-corrected chi connectivity index (χ2v) is 2.40. The molecule has 12 heavy (non-hydrogen) atoms. The molecule has 0 aliphatic heterocycles. The lowest BCUT2D eigenvalue weighted by Gasteiger charge is -2.00. The number of carbonyl (C=O) groups excluding carboxylic acids is 1. The first-order valence-corrected chi connectivity index (χ1v) is 3.79. The molecule has 1 nitrogen and oxygen atoms in total. The molecule has 2 heteroatoms. The summed E-state index contributed by atoms with van der Waals surface area (Å²) in [5.74, 6) is -0.557.